The SMILES string of the molecule is CNCCc1nc(C2(OC)CCCCCC2)no1. The van der Waals surface area contributed by atoms with Crippen molar-refractivity contribution >= 4 is 0 Å². The maximum Gasteiger partial charge on any atom is 0.228 e. The fourth-order valence-corrected chi connectivity index (χ4v) is 2.59. The zero-order chi connectivity index (χ0) is 12.8. The van der Waals surface area contributed by atoms with Gasteiger partial charge in [-0.25, -0.2) is 0 Å². The molecule has 0 radical (unpaired) electrons. The van der Waals surface area contributed by atoms with Crippen molar-refractivity contribution in [2.24, 2.45) is 0 Å². The van der Waals surface area contributed by atoms with E-state index in [0.717, 1.165) is 31.6 Å². The van der Waals surface area contributed by atoms with Crippen molar-refractivity contribution in [2.45, 2.75) is 50.5 Å². The van der Waals surface area contributed by atoms with Crippen LogP contribution in [0, 0.1) is 0 Å². The van der Waals surface area contributed by atoms with Gasteiger partial charge in [-0.3, -0.25) is 0 Å². The number of hydrogen-bond donors (Lipinski definition) is 1. The van der Waals surface area contributed by atoms with Gasteiger partial charge >= 0.3 is 0 Å². The predicted molar refractivity (Wildman–Crippen MR) is 68.3 cm³/mol. The number of hydrogen-bond acceptors (Lipinski definition) is 5. The second kappa shape index (κ2) is 6.29. The maximum absolute atomic E-state index is 5.76. The van der Waals surface area contributed by atoms with Crippen LogP contribution < -0.4 is 5.32 Å². The van der Waals surface area contributed by atoms with E-state index in [-0.39, 0.29) is 5.60 Å². The highest BCUT2D eigenvalue weighted by molar-refractivity contribution is 5.02. The Morgan fingerprint density at radius 2 is 2.00 bits per heavy atom. The number of rotatable bonds is 5. The largest absolute Gasteiger partial charge is 0.370 e. The third-order valence-electron chi connectivity index (χ3n) is 3.77. The van der Waals surface area contributed by atoms with Gasteiger partial charge in [-0.1, -0.05) is 30.8 Å². The van der Waals surface area contributed by atoms with Gasteiger partial charge in [0.2, 0.25) is 11.7 Å². The Kier molecular flexibility index (Phi) is 4.72. The van der Waals surface area contributed by atoms with Crippen molar-refractivity contribution in [3.63, 3.8) is 0 Å². The maximum atomic E-state index is 5.76. The first-order valence-electron chi connectivity index (χ1n) is 6.83. The summed E-state index contributed by atoms with van der Waals surface area (Å²) in [6.07, 6.45) is 7.65. The summed E-state index contributed by atoms with van der Waals surface area (Å²) >= 11 is 0. The number of aromatic nitrogens is 2. The van der Waals surface area contributed by atoms with Gasteiger partial charge < -0.3 is 14.6 Å². The monoisotopic (exact) mass is 253 g/mol. The van der Waals surface area contributed by atoms with Gasteiger partial charge in [0.1, 0.15) is 5.60 Å². The normalized spacial score (nSPS) is 19.7. The molecule has 1 N–H and O–H groups in total. The van der Waals surface area contributed by atoms with Crippen molar-refractivity contribution < 1.29 is 9.26 Å². The van der Waals surface area contributed by atoms with Crippen molar-refractivity contribution in [1.29, 1.82) is 0 Å². The van der Waals surface area contributed by atoms with Crippen molar-refractivity contribution in [1.82, 2.24) is 15.5 Å². The zero-order valence-electron chi connectivity index (χ0n) is 11.4. The summed E-state index contributed by atoms with van der Waals surface area (Å²) in [7, 11) is 3.67. The van der Waals surface area contributed by atoms with Crippen LogP contribution >= 0.6 is 0 Å². The van der Waals surface area contributed by atoms with E-state index in [9.17, 15) is 0 Å². The number of methoxy groups -OCH3 is 1. The Hall–Kier alpha value is -0.940. The Morgan fingerprint density at radius 1 is 1.28 bits per heavy atom. The highest BCUT2D eigenvalue weighted by Gasteiger charge is 2.37. The first kappa shape index (κ1) is 13.5. The molecule has 1 heterocycles. The number of likely N-dealkylation sites (N-methyl/N-ethyl adjacent to an activating group) is 1. The number of nitrogens with one attached hydrogen (secondary N) is 1. The van der Waals surface area contributed by atoms with E-state index in [1.54, 1.807) is 7.11 Å². The third kappa shape index (κ3) is 2.90. The van der Waals surface area contributed by atoms with Crippen molar-refractivity contribution in [3.05, 3.63) is 11.7 Å². The third-order valence-corrected chi connectivity index (χ3v) is 3.77. The van der Waals surface area contributed by atoms with Crippen LogP contribution in [0.2, 0.25) is 0 Å². The molecule has 1 saturated carbocycles. The highest BCUT2D eigenvalue weighted by Crippen LogP contribution is 2.37. The van der Waals surface area contributed by atoms with E-state index in [4.69, 9.17) is 9.26 Å². The minimum Gasteiger partial charge on any atom is -0.370 e. The second-order valence-corrected chi connectivity index (χ2v) is 4.98. The summed E-state index contributed by atoms with van der Waals surface area (Å²) in [6.45, 7) is 0.849. The van der Waals surface area contributed by atoms with E-state index in [2.05, 4.69) is 15.5 Å². The van der Waals surface area contributed by atoms with Crippen molar-refractivity contribution in [3.8, 4) is 0 Å². The average molecular weight is 253 g/mol. The van der Waals surface area contributed by atoms with Gasteiger partial charge in [0, 0.05) is 20.1 Å². The molecule has 5 nitrogen and oxygen atoms in total. The fourth-order valence-electron chi connectivity index (χ4n) is 2.59. The molecule has 1 aliphatic carbocycles. The molecule has 0 aromatic carbocycles. The zero-order valence-corrected chi connectivity index (χ0v) is 11.4. The van der Waals surface area contributed by atoms with Gasteiger partial charge in [0.15, 0.2) is 0 Å². The minimum atomic E-state index is -0.322. The molecule has 5 heteroatoms. The molecular weight excluding hydrogens is 230 g/mol. The molecule has 1 aliphatic rings. The molecule has 0 aliphatic heterocycles. The smallest absolute Gasteiger partial charge is 0.228 e. The lowest BCUT2D eigenvalue weighted by Crippen LogP contribution is -2.29. The lowest BCUT2D eigenvalue weighted by Gasteiger charge is -2.27. The molecular formula is C13H23N3O2. The van der Waals surface area contributed by atoms with Gasteiger partial charge in [-0.15, -0.1) is 0 Å². The minimum absolute atomic E-state index is 0.322. The fraction of sp³-hybridized carbons (Fsp3) is 0.846. The highest BCUT2D eigenvalue weighted by atomic mass is 16.5. The molecule has 0 bridgehead atoms. The van der Waals surface area contributed by atoms with Crippen LogP contribution in [0.15, 0.2) is 4.52 Å². The molecule has 1 aromatic rings. The lowest BCUT2D eigenvalue weighted by atomic mass is 9.93. The molecule has 0 atom stereocenters. The predicted octanol–water partition coefficient (Wildman–Crippen LogP) is 2.03. The number of nitrogens with zero attached hydrogens (tertiary/aromatic N) is 2. The van der Waals surface area contributed by atoms with E-state index >= 15 is 0 Å². The van der Waals surface area contributed by atoms with Gasteiger partial charge in [-0.2, -0.15) is 4.98 Å². The Labute approximate surface area is 108 Å². The van der Waals surface area contributed by atoms with E-state index in [1.807, 2.05) is 7.05 Å². The van der Waals surface area contributed by atoms with Crippen LogP contribution in [0.1, 0.15) is 50.2 Å². The Morgan fingerprint density at radius 3 is 2.61 bits per heavy atom. The molecule has 2 rings (SSSR count). The van der Waals surface area contributed by atoms with Gasteiger partial charge in [0.05, 0.1) is 0 Å². The molecule has 102 valence electrons. The quantitative estimate of drug-likeness (QED) is 0.814. The molecule has 1 aromatic heterocycles. The van der Waals surface area contributed by atoms with Crippen LogP contribution in [-0.4, -0.2) is 30.8 Å². The summed E-state index contributed by atoms with van der Waals surface area (Å²) in [6, 6.07) is 0. The van der Waals surface area contributed by atoms with Crippen LogP contribution in [0.5, 0.6) is 0 Å². The summed E-state index contributed by atoms with van der Waals surface area (Å²) in [5.41, 5.74) is -0.322. The standard InChI is InChI=1S/C13H23N3O2/c1-14-10-7-11-15-12(16-18-11)13(17-2)8-5-3-4-6-9-13/h14H,3-10H2,1-2H3. The first-order valence-corrected chi connectivity index (χ1v) is 6.83. The molecule has 0 unspecified atom stereocenters. The van der Waals surface area contributed by atoms with Crippen LogP contribution in [0.3, 0.4) is 0 Å². The average Bonchev–Trinajstić information content (AvgIpc) is 2.74. The first-order chi connectivity index (χ1) is 8.80. The van der Waals surface area contributed by atoms with E-state index in [1.165, 1.54) is 25.7 Å². The summed E-state index contributed by atoms with van der Waals surface area (Å²) in [4.78, 5) is 4.51. The molecule has 0 saturated heterocycles. The lowest BCUT2D eigenvalue weighted by molar-refractivity contribution is -0.0365. The molecule has 0 amide bonds. The van der Waals surface area contributed by atoms with Crippen LogP contribution in [0.4, 0.5) is 0 Å². The van der Waals surface area contributed by atoms with E-state index in [0.29, 0.717) is 5.89 Å². The summed E-state index contributed by atoms with van der Waals surface area (Å²) in [5, 5.41) is 7.22. The molecule has 18 heavy (non-hydrogen) atoms. The summed E-state index contributed by atoms with van der Waals surface area (Å²) < 4.78 is 11.1. The Bertz CT molecular complexity index is 357. The number of ether oxygens (including phenoxy) is 1. The second-order valence-electron chi connectivity index (χ2n) is 4.98. The van der Waals surface area contributed by atoms with Crippen molar-refractivity contribution in [2.75, 3.05) is 20.7 Å². The summed E-state index contributed by atoms with van der Waals surface area (Å²) in [5.74, 6) is 1.43. The van der Waals surface area contributed by atoms with Gasteiger partial charge in [0.25, 0.3) is 0 Å². The van der Waals surface area contributed by atoms with Crippen LogP contribution in [0.25, 0.3) is 0 Å². The Balaban J connectivity index is 2.12. The van der Waals surface area contributed by atoms with Gasteiger partial charge in [-0.05, 0) is 19.9 Å². The molecule has 0 spiro atoms. The van der Waals surface area contributed by atoms with Crippen LogP contribution in [-0.2, 0) is 16.8 Å². The molecule has 1 fully saturated rings. The van der Waals surface area contributed by atoms with E-state index < -0.39 is 0 Å². The topological polar surface area (TPSA) is 60.2 Å².